The monoisotopic (exact) mass is 230 g/mol. The molecule has 0 bridgehead atoms. The van der Waals surface area contributed by atoms with Gasteiger partial charge < -0.3 is 9.84 Å². The maximum atomic E-state index is 11.3. The molecule has 1 N–H and O–H groups in total. The van der Waals surface area contributed by atoms with Crippen LogP contribution in [0, 0.1) is 5.41 Å². The Kier molecular flexibility index (Phi) is 7.39. The minimum Gasteiger partial charge on any atom is -0.466 e. The number of aliphatic hydroxyl groups excluding tert-OH is 1. The van der Waals surface area contributed by atoms with E-state index in [0.29, 0.717) is 19.4 Å². The highest BCUT2D eigenvalue weighted by Gasteiger charge is 2.17. The Morgan fingerprint density at radius 2 is 2.00 bits per heavy atom. The molecule has 0 spiro atoms. The van der Waals surface area contributed by atoms with E-state index in [1.54, 1.807) is 0 Å². The number of unbranched alkanes of at least 4 members (excludes halogenated alkanes) is 1. The fourth-order valence-corrected chi connectivity index (χ4v) is 1.50. The van der Waals surface area contributed by atoms with Crippen LogP contribution in [-0.2, 0) is 9.53 Å². The Balaban J connectivity index is 3.59. The third-order valence-corrected chi connectivity index (χ3v) is 2.29. The highest BCUT2D eigenvalue weighted by atomic mass is 16.5. The molecule has 0 aliphatic carbocycles. The predicted octanol–water partition coefficient (Wildman–Crippen LogP) is 2.91. The van der Waals surface area contributed by atoms with E-state index >= 15 is 0 Å². The fraction of sp³-hybridized carbons (Fsp3) is 0.923. The summed E-state index contributed by atoms with van der Waals surface area (Å²) in [5, 5.41) is 9.70. The number of rotatable bonds is 7. The zero-order chi connectivity index (χ0) is 12.6. The lowest BCUT2D eigenvalue weighted by Gasteiger charge is -2.21. The Morgan fingerprint density at radius 3 is 2.50 bits per heavy atom. The van der Waals surface area contributed by atoms with Gasteiger partial charge in [-0.15, -0.1) is 0 Å². The lowest BCUT2D eigenvalue weighted by atomic mass is 9.88. The van der Waals surface area contributed by atoms with Crippen LogP contribution in [0.4, 0.5) is 0 Å². The van der Waals surface area contributed by atoms with Gasteiger partial charge >= 0.3 is 5.97 Å². The van der Waals surface area contributed by atoms with Gasteiger partial charge in [0.25, 0.3) is 0 Å². The van der Waals surface area contributed by atoms with Crippen molar-refractivity contribution in [3.05, 3.63) is 0 Å². The second-order valence-electron chi connectivity index (χ2n) is 5.53. The number of hydrogen-bond acceptors (Lipinski definition) is 3. The standard InChI is InChI=1S/C13H26O3/c1-5-6-9-16-12(15)8-7-11(14)10-13(2,3)4/h11,14H,5-10H2,1-4H3. The number of hydrogen-bond donors (Lipinski definition) is 1. The summed E-state index contributed by atoms with van der Waals surface area (Å²) in [5.74, 6) is -0.193. The lowest BCUT2D eigenvalue weighted by molar-refractivity contribution is -0.144. The van der Waals surface area contributed by atoms with Gasteiger partial charge in [0.05, 0.1) is 12.7 Å². The van der Waals surface area contributed by atoms with Gasteiger partial charge in [-0.2, -0.15) is 0 Å². The minimum atomic E-state index is -0.404. The van der Waals surface area contributed by atoms with Crippen molar-refractivity contribution in [1.82, 2.24) is 0 Å². The number of ether oxygens (including phenoxy) is 1. The highest BCUT2D eigenvalue weighted by Crippen LogP contribution is 2.22. The van der Waals surface area contributed by atoms with Gasteiger partial charge in [0.2, 0.25) is 0 Å². The van der Waals surface area contributed by atoms with Gasteiger partial charge in [-0.3, -0.25) is 4.79 Å². The van der Waals surface area contributed by atoms with Crippen molar-refractivity contribution in [1.29, 1.82) is 0 Å². The smallest absolute Gasteiger partial charge is 0.305 e. The molecule has 3 nitrogen and oxygen atoms in total. The zero-order valence-electron chi connectivity index (χ0n) is 11.1. The molecule has 0 rings (SSSR count). The quantitative estimate of drug-likeness (QED) is 0.540. The fourth-order valence-electron chi connectivity index (χ4n) is 1.50. The molecule has 0 saturated heterocycles. The Morgan fingerprint density at radius 1 is 1.38 bits per heavy atom. The largest absolute Gasteiger partial charge is 0.466 e. The topological polar surface area (TPSA) is 46.5 Å². The Labute approximate surface area is 99.2 Å². The van der Waals surface area contributed by atoms with Crippen LogP contribution in [-0.4, -0.2) is 23.8 Å². The molecule has 1 atom stereocenters. The molecule has 16 heavy (non-hydrogen) atoms. The molecule has 0 aromatic rings. The first-order valence-electron chi connectivity index (χ1n) is 6.19. The summed E-state index contributed by atoms with van der Waals surface area (Å²) in [6.45, 7) is 8.80. The Hall–Kier alpha value is -0.570. The number of carbonyl (C=O) groups is 1. The van der Waals surface area contributed by atoms with Gasteiger partial charge in [0, 0.05) is 6.42 Å². The lowest BCUT2D eigenvalue weighted by Crippen LogP contribution is -2.19. The third kappa shape index (κ3) is 9.97. The average molecular weight is 230 g/mol. The summed E-state index contributed by atoms with van der Waals surface area (Å²) in [5.41, 5.74) is 0.103. The molecule has 0 amide bonds. The molecule has 0 fully saturated rings. The van der Waals surface area contributed by atoms with E-state index in [9.17, 15) is 9.90 Å². The molecule has 3 heteroatoms. The molecule has 0 aromatic carbocycles. The van der Waals surface area contributed by atoms with Crippen molar-refractivity contribution in [3.8, 4) is 0 Å². The molecule has 0 saturated carbocycles. The van der Waals surface area contributed by atoms with Crippen LogP contribution in [0.1, 0.15) is 59.8 Å². The molecule has 0 aliphatic heterocycles. The van der Waals surface area contributed by atoms with Crippen LogP contribution < -0.4 is 0 Å². The first kappa shape index (κ1) is 15.4. The molecule has 96 valence electrons. The summed E-state index contributed by atoms with van der Waals surface area (Å²) >= 11 is 0. The van der Waals surface area contributed by atoms with Gasteiger partial charge in [-0.05, 0) is 24.7 Å². The molecule has 1 unspecified atom stereocenters. The number of carbonyl (C=O) groups excluding carboxylic acids is 1. The van der Waals surface area contributed by atoms with E-state index in [2.05, 4.69) is 27.7 Å². The van der Waals surface area contributed by atoms with Crippen molar-refractivity contribution in [2.24, 2.45) is 5.41 Å². The van der Waals surface area contributed by atoms with E-state index in [-0.39, 0.29) is 11.4 Å². The summed E-state index contributed by atoms with van der Waals surface area (Å²) < 4.78 is 5.01. The molecular weight excluding hydrogens is 204 g/mol. The molecule has 0 radical (unpaired) electrons. The first-order valence-corrected chi connectivity index (χ1v) is 6.19. The van der Waals surface area contributed by atoms with Gasteiger partial charge in [0.15, 0.2) is 0 Å². The second-order valence-corrected chi connectivity index (χ2v) is 5.53. The maximum Gasteiger partial charge on any atom is 0.305 e. The number of aliphatic hydroxyl groups is 1. The van der Waals surface area contributed by atoms with E-state index in [1.807, 2.05) is 0 Å². The number of esters is 1. The molecule has 0 aromatic heterocycles. The van der Waals surface area contributed by atoms with Crippen LogP contribution >= 0.6 is 0 Å². The maximum absolute atomic E-state index is 11.3. The predicted molar refractivity (Wildman–Crippen MR) is 65.2 cm³/mol. The molecular formula is C13H26O3. The van der Waals surface area contributed by atoms with Crippen LogP contribution in [0.2, 0.25) is 0 Å². The summed E-state index contributed by atoms with van der Waals surface area (Å²) in [6, 6.07) is 0. The highest BCUT2D eigenvalue weighted by molar-refractivity contribution is 5.69. The van der Waals surface area contributed by atoms with Gasteiger partial charge in [-0.25, -0.2) is 0 Å². The van der Waals surface area contributed by atoms with E-state index in [1.165, 1.54) is 0 Å². The normalized spacial score (nSPS) is 13.6. The van der Waals surface area contributed by atoms with Gasteiger partial charge in [-0.1, -0.05) is 34.1 Å². The third-order valence-electron chi connectivity index (χ3n) is 2.29. The Bertz CT molecular complexity index is 194. The first-order chi connectivity index (χ1) is 7.35. The van der Waals surface area contributed by atoms with Crippen molar-refractivity contribution in [3.63, 3.8) is 0 Å². The van der Waals surface area contributed by atoms with E-state index in [4.69, 9.17) is 4.74 Å². The zero-order valence-corrected chi connectivity index (χ0v) is 11.1. The summed E-state index contributed by atoms with van der Waals surface area (Å²) in [4.78, 5) is 11.3. The van der Waals surface area contributed by atoms with Crippen LogP contribution in [0.5, 0.6) is 0 Å². The van der Waals surface area contributed by atoms with E-state index in [0.717, 1.165) is 19.3 Å². The summed E-state index contributed by atoms with van der Waals surface area (Å²) in [7, 11) is 0. The second kappa shape index (κ2) is 7.66. The van der Waals surface area contributed by atoms with Crippen molar-refractivity contribution in [2.75, 3.05) is 6.61 Å². The van der Waals surface area contributed by atoms with Crippen molar-refractivity contribution < 1.29 is 14.6 Å². The molecule has 0 heterocycles. The van der Waals surface area contributed by atoms with Crippen LogP contribution in [0.15, 0.2) is 0 Å². The van der Waals surface area contributed by atoms with Crippen molar-refractivity contribution >= 4 is 5.97 Å². The summed E-state index contributed by atoms with van der Waals surface area (Å²) in [6.07, 6.45) is 3.08. The molecule has 0 aliphatic rings. The van der Waals surface area contributed by atoms with Gasteiger partial charge in [0.1, 0.15) is 0 Å². The van der Waals surface area contributed by atoms with Crippen LogP contribution in [0.3, 0.4) is 0 Å². The minimum absolute atomic E-state index is 0.103. The average Bonchev–Trinajstić information content (AvgIpc) is 2.12. The SMILES string of the molecule is CCCCOC(=O)CCC(O)CC(C)(C)C. The van der Waals surface area contributed by atoms with Crippen molar-refractivity contribution in [2.45, 2.75) is 65.9 Å². The van der Waals surface area contributed by atoms with E-state index < -0.39 is 6.10 Å². The van der Waals surface area contributed by atoms with Crippen LogP contribution in [0.25, 0.3) is 0 Å².